The third-order valence-electron chi connectivity index (χ3n) is 3.44. The first-order valence-corrected chi connectivity index (χ1v) is 6.83. The Bertz CT molecular complexity index is 863. The molecule has 0 bridgehead atoms. The van der Waals surface area contributed by atoms with Crippen molar-refractivity contribution in [2.24, 2.45) is 0 Å². The van der Waals surface area contributed by atoms with E-state index in [1.807, 2.05) is 0 Å². The monoisotopic (exact) mass is 293 g/mol. The summed E-state index contributed by atoms with van der Waals surface area (Å²) in [7, 11) is 0. The second-order valence-electron chi connectivity index (χ2n) is 5.12. The van der Waals surface area contributed by atoms with Crippen molar-refractivity contribution in [1.29, 1.82) is 0 Å². The average molecular weight is 293 g/mol. The number of nitrogens with two attached hydrogens (primary N) is 1. The standard InChI is InChI=1S/C17H15N3O2/c1-10(21)11-2-7-15-12(8-11)9-16(20-15)17(22)19-14-5-3-13(18)4-6-14/h2-9,20H,18H2,1H3,(H,19,22). The van der Waals surface area contributed by atoms with Gasteiger partial charge >= 0.3 is 0 Å². The molecular formula is C17H15N3O2. The van der Waals surface area contributed by atoms with Gasteiger partial charge in [0.2, 0.25) is 0 Å². The molecule has 0 aliphatic heterocycles. The molecule has 2 aromatic carbocycles. The summed E-state index contributed by atoms with van der Waals surface area (Å²) in [6.07, 6.45) is 0. The van der Waals surface area contributed by atoms with E-state index >= 15 is 0 Å². The van der Waals surface area contributed by atoms with E-state index in [0.29, 0.717) is 22.6 Å². The number of benzene rings is 2. The zero-order chi connectivity index (χ0) is 15.7. The van der Waals surface area contributed by atoms with Crippen LogP contribution in [-0.2, 0) is 0 Å². The number of aromatic amines is 1. The fourth-order valence-corrected chi connectivity index (χ4v) is 2.24. The van der Waals surface area contributed by atoms with Crippen LogP contribution in [0.5, 0.6) is 0 Å². The van der Waals surface area contributed by atoms with Gasteiger partial charge in [-0.1, -0.05) is 0 Å². The Balaban J connectivity index is 1.87. The molecule has 22 heavy (non-hydrogen) atoms. The Morgan fingerprint density at radius 3 is 2.45 bits per heavy atom. The minimum atomic E-state index is -0.245. The first-order valence-electron chi connectivity index (χ1n) is 6.83. The highest BCUT2D eigenvalue weighted by atomic mass is 16.2. The molecule has 1 heterocycles. The Hall–Kier alpha value is -3.08. The van der Waals surface area contributed by atoms with Gasteiger partial charge in [0.05, 0.1) is 0 Å². The van der Waals surface area contributed by atoms with E-state index in [0.717, 1.165) is 10.9 Å². The summed E-state index contributed by atoms with van der Waals surface area (Å²) in [5.41, 5.74) is 8.79. The van der Waals surface area contributed by atoms with Crippen LogP contribution in [0, 0.1) is 0 Å². The average Bonchev–Trinajstić information content (AvgIpc) is 2.92. The maximum Gasteiger partial charge on any atom is 0.272 e. The molecule has 0 saturated carbocycles. The van der Waals surface area contributed by atoms with Gasteiger partial charge in [0, 0.05) is 27.8 Å². The number of aromatic nitrogens is 1. The number of nitrogens with one attached hydrogen (secondary N) is 2. The first-order chi connectivity index (χ1) is 10.5. The van der Waals surface area contributed by atoms with E-state index in [4.69, 9.17) is 5.73 Å². The van der Waals surface area contributed by atoms with Crippen LogP contribution < -0.4 is 11.1 Å². The van der Waals surface area contributed by atoms with Crippen molar-refractivity contribution in [3.63, 3.8) is 0 Å². The minimum Gasteiger partial charge on any atom is -0.399 e. The van der Waals surface area contributed by atoms with E-state index in [-0.39, 0.29) is 11.7 Å². The predicted octanol–water partition coefficient (Wildman–Crippen LogP) is 3.21. The van der Waals surface area contributed by atoms with E-state index in [1.165, 1.54) is 6.92 Å². The third-order valence-corrected chi connectivity index (χ3v) is 3.44. The maximum absolute atomic E-state index is 12.2. The number of hydrogen-bond acceptors (Lipinski definition) is 3. The van der Waals surface area contributed by atoms with Gasteiger partial charge in [-0.05, 0) is 55.5 Å². The van der Waals surface area contributed by atoms with Crippen molar-refractivity contribution in [1.82, 2.24) is 4.98 Å². The van der Waals surface area contributed by atoms with Crippen LogP contribution in [-0.4, -0.2) is 16.7 Å². The molecule has 0 aliphatic carbocycles. The quantitative estimate of drug-likeness (QED) is 0.512. The highest BCUT2D eigenvalue weighted by molar-refractivity contribution is 6.07. The number of anilines is 2. The van der Waals surface area contributed by atoms with Gasteiger partial charge in [-0.15, -0.1) is 0 Å². The van der Waals surface area contributed by atoms with Crippen LogP contribution in [0.25, 0.3) is 10.9 Å². The van der Waals surface area contributed by atoms with Crippen LogP contribution in [0.4, 0.5) is 11.4 Å². The Morgan fingerprint density at radius 2 is 1.77 bits per heavy atom. The van der Waals surface area contributed by atoms with Gasteiger partial charge in [-0.2, -0.15) is 0 Å². The molecule has 1 amide bonds. The van der Waals surface area contributed by atoms with E-state index in [1.54, 1.807) is 48.5 Å². The molecule has 1 aromatic heterocycles. The molecule has 0 saturated heterocycles. The molecule has 3 rings (SSSR count). The SMILES string of the molecule is CC(=O)c1ccc2[nH]c(C(=O)Nc3ccc(N)cc3)cc2c1. The van der Waals surface area contributed by atoms with Gasteiger partial charge in [0.1, 0.15) is 5.69 Å². The molecule has 0 aliphatic rings. The lowest BCUT2D eigenvalue weighted by Gasteiger charge is -2.03. The summed E-state index contributed by atoms with van der Waals surface area (Å²) in [6.45, 7) is 1.52. The zero-order valence-electron chi connectivity index (χ0n) is 12.0. The molecule has 5 heteroatoms. The molecule has 0 atom stereocenters. The van der Waals surface area contributed by atoms with Crippen molar-refractivity contribution in [2.75, 3.05) is 11.1 Å². The normalized spacial score (nSPS) is 10.6. The van der Waals surface area contributed by atoms with Crippen molar-refractivity contribution < 1.29 is 9.59 Å². The number of fused-ring (bicyclic) bond motifs is 1. The smallest absolute Gasteiger partial charge is 0.272 e. The number of nitrogen functional groups attached to an aromatic ring is 1. The number of carbonyl (C=O) groups is 2. The fraction of sp³-hybridized carbons (Fsp3) is 0.0588. The second kappa shape index (κ2) is 5.37. The summed E-state index contributed by atoms with van der Waals surface area (Å²) in [4.78, 5) is 26.7. The van der Waals surface area contributed by atoms with Crippen LogP contribution in [0.15, 0.2) is 48.5 Å². The number of carbonyl (C=O) groups excluding carboxylic acids is 2. The van der Waals surface area contributed by atoms with Crippen LogP contribution in [0.2, 0.25) is 0 Å². The summed E-state index contributed by atoms with van der Waals surface area (Å²) < 4.78 is 0. The summed E-state index contributed by atoms with van der Waals surface area (Å²) in [5, 5.41) is 3.62. The van der Waals surface area contributed by atoms with Crippen LogP contribution in [0.1, 0.15) is 27.8 Å². The summed E-state index contributed by atoms with van der Waals surface area (Å²) in [6, 6.07) is 14.0. The molecule has 0 radical (unpaired) electrons. The highest BCUT2D eigenvalue weighted by Crippen LogP contribution is 2.19. The largest absolute Gasteiger partial charge is 0.399 e. The van der Waals surface area contributed by atoms with Crippen LogP contribution in [0.3, 0.4) is 0 Å². The molecule has 4 N–H and O–H groups in total. The van der Waals surface area contributed by atoms with Crippen molar-refractivity contribution in [2.45, 2.75) is 6.92 Å². The lowest BCUT2D eigenvalue weighted by molar-refractivity contribution is 0.101. The van der Waals surface area contributed by atoms with Gasteiger partial charge in [-0.25, -0.2) is 0 Å². The highest BCUT2D eigenvalue weighted by Gasteiger charge is 2.11. The molecule has 0 spiro atoms. The Labute approximate surface area is 127 Å². The van der Waals surface area contributed by atoms with Crippen molar-refractivity contribution >= 4 is 34.0 Å². The number of ketones is 1. The molecule has 3 aromatic rings. The van der Waals surface area contributed by atoms with Crippen molar-refractivity contribution in [3.05, 3.63) is 59.8 Å². The lowest BCUT2D eigenvalue weighted by atomic mass is 10.1. The van der Waals surface area contributed by atoms with Crippen LogP contribution >= 0.6 is 0 Å². The molecule has 110 valence electrons. The zero-order valence-corrected chi connectivity index (χ0v) is 12.0. The molecule has 0 unspecified atom stereocenters. The van der Waals surface area contributed by atoms with Gasteiger partial charge < -0.3 is 16.0 Å². The molecular weight excluding hydrogens is 278 g/mol. The Morgan fingerprint density at radius 1 is 1.05 bits per heavy atom. The van der Waals surface area contributed by atoms with E-state index < -0.39 is 0 Å². The molecule has 0 fully saturated rings. The summed E-state index contributed by atoms with van der Waals surface area (Å²) in [5.74, 6) is -0.249. The van der Waals surface area contributed by atoms with Gasteiger partial charge in [-0.3, -0.25) is 9.59 Å². The topological polar surface area (TPSA) is 88.0 Å². The lowest BCUT2D eigenvalue weighted by Crippen LogP contribution is -2.12. The third kappa shape index (κ3) is 2.69. The second-order valence-corrected chi connectivity index (χ2v) is 5.12. The number of Topliss-reactive ketones (excluding diaryl/α,β-unsaturated/α-hetero) is 1. The van der Waals surface area contributed by atoms with Crippen molar-refractivity contribution in [3.8, 4) is 0 Å². The van der Waals surface area contributed by atoms with E-state index in [9.17, 15) is 9.59 Å². The number of H-pyrrole nitrogens is 1. The van der Waals surface area contributed by atoms with Gasteiger partial charge in [0.15, 0.2) is 5.78 Å². The number of rotatable bonds is 3. The van der Waals surface area contributed by atoms with E-state index in [2.05, 4.69) is 10.3 Å². The fourth-order valence-electron chi connectivity index (χ4n) is 2.24. The number of amides is 1. The predicted molar refractivity (Wildman–Crippen MR) is 87.1 cm³/mol. The molecule has 5 nitrogen and oxygen atoms in total. The van der Waals surface area contributed by atoms with Gasteiger partial charge in [0.25, 0.3) is 5.91 Å². The maximum atomic E-state index is 12.2. The minimum absolute atomic E-state index is 0.00373. The summed E-state index contributed by atoms with van der Waals surface area (Å²) >= 11 is 0. The number of hydrogen-bond donors (Lipinski definition) is 3. The Kier molecular flexibility index (Phi) is 3.39. The first kappa shape index (κ1) is 13.9.